The van der Waals surface area contributed by atoms with E-state index in [0.717, 1.165) is 11.1 Å². The number of aryl methyl sites for hydroxylation is 2. The number of carbonyl (C=O) groups excluding carboxylic acids is 2. The standard InChI is InChI=1S/C20H21NO5/c1-11-4-5-13(12(2)10-11)21-16(22)14-15(17(21)23)20(18-24-8-9-25-18)7-6-19(14,3)26-20/h4-7,10,14-15,18H,8-9H2,1-3H3. The monoisotopic (exact) mass is 355 g/mol. The smallest absolute Gasteiger partial charge is 0.241 e. The van der Waals surface area contributed by atoms with Crippen LogP contribution in [0.15, 0.2) is 30.4 Å². The second-order valence-corrected chi connectivity index (χ2v) is 7.80. The summed E-state index contributed by atoms with van der Waals surface area (Å²) in [5, 5.41) is 0. The number of rotatable bonds is 2. The van der Waals surface area contributed by atoms with Gasteiger partial charge in [0.05, 0.1) is 36.3 Å². The number of nitrogens with zero attached hydrogens (tertiary/aromatic N) is 1. The molecule has 0 saturated carbocycles. The Morgan fingerprint density at radius 3 is 2.42 bits per heavy atom. The summed E-state index contributed by atoms with van der Waals surface area (Å²) in [5.74, 6) is -1.64. The van der Waals surface area contributed by atoms with Crippen LogP contribution in [0.1, 0.15) is 18.1 Å². The van der Waals surface area contributed by atoms with Gasteiger partial charge in [-0.1, -0.05) is 23.8 Å². The Bertz CT molecular complexity index is 858. The molecule has 0 N–H and O–H groups in total. The lowest BCUT2D eigenvalue weighted by molar-refractivity contribution is -0.190. The number of benzene rings is 1. The number of imide groups is 1. The Kier molecular flexibility index (Phi) is 3.13. The van der Waals surface area contributed by atoms with Crippen LogP contribution in [0.5, 0.6) is 0 Å². The molecule has 0 spiro atoms. The second-order valence-electron chi connectivity index (χ2n) is 7.80. The van der Waals surface area contributed by atoms with Crippen LogP contribution in [0.4, 0.5) is 5.69 Å². The molecule has 6 heteroatoms. The molecule has 2 bridgehead atoms. The molecule has 4 heterocycles. The van der Waals surface area contributed by atoms with Gasteiger partial charge in [0.2, 0.25) is 11.8 Å². The summed E-state index contributed by atoms with van der Waals surface area (Å²) in [4.78, 5) is 28.0. The average Bonchev–Trinajstić information content (AvgIpc) is 3.31. The van der Waals surface area contributed by atoms with Crippen molar-refractivity contribution in [3.8, 4) is 0 Å². The molecular weight excluding hydrogens is 334 g/mol. The predicted molar refractivity (Wildman–Crippen MR) is 92.4 cm³/mol. The van der Waals surface area contributed by atoms with Crippen molar-refractivity contribution in [1.82, 2.24) is 0 Å². The van der Waals surface area contributed by atoms with Crippen LogP contribution in [0, 0.1) is 25.7 Å². The summed E-state index contributed by atoms with van der Waals surface area (Å²) >= 11 is 0. The molecule has 3 fully saturated rings. The van der Waals surface area contributed by atoms with Crippen LogP contribution < -0.4 is 4.90 Å². The van der Waals surface area contributed by atoms with Gasteiger partial charge in [0.1, 0.15) is 0 Å². The zero-order chi connectivity index (χ0) is 18.3. The topological polar surface area (TPSA) is 65.1 Å². The average molecular weight is 355 g/mol. The molecule has 136 valence electrons. The van der Waals surface area contributed by atoms with Crippen molar-refractivity contribution in [2.75, 3.05) is 18.1 Å². The number of amides is 2. The van der Waals surface area contributed by atoms with Gasteiger partial charge in [-0.25, -0.2) is 4.90 Å². The molecule has 0 aliphatic carbocycles. The molecule has 4 aliphatic rings. The molecule has 0 radical (unpaired) electrons. The number of ether oxygens (including phenoxy) is 3. The highest BCUT2D eigenvalue weighted by atomic mass is 16.7. The Morgan fingerprint density at radius 1 is 1.04 bits per heavy atom. The van der Waals surface area contributed by atoms with E-state index in [9.17, 15) is 9.59 Å². The number of carbonyl (C=O) groups is 2. The maximum Gasteiger partial charge on any atom is 0.241 e. The van der Waals surface area contributed by atoms with E-state index in [2.05, 4.69) is 0 Å². The maximum atomic E-state index is 13.4. The van der Waals surface area contributed by atoms with E-state index in [1.807, 2.05) is 51.1 Å². The molecule has 6 nitrogen and oxygen atoms in total. The van der Waals surface area contributed by atoms with Crippen LogP contribution >= 0.6 is 0 Å². The number of hydrogen-bond donors (Lipinski definition) is 0. The molecule has 2 amide bonds. The fraction of sp³-hybridized carbons (Fsp3) is 0.500. The van der Waals surface area contributed by atoms with E-state index in [1.165, 1.54) is 4.90 Å². The van der Waals surface area contributed by atoms with Crippen molar-refractivity contribution in [3.05, 3.63) is 41.5 Å². The zero-order valence-corrected chi connectivity index (χ0v) is 15.0. The molecule has 0 aromatic heterocycles. The minimum Gasteiger partial charge on any atom is -0.354 e. The lowest BCUT2D eigenvalue weighted by Gasteiger charge is -2.33. The van der Waals surface area contributed by atoms with E-state index in [1.54, 1.807) is 0 Å². The quantitative estimate of drug-likeness (QED) is 0.599. The van der Waals surface area contributed by atoms with E-state index in [0.29, 0.717) is 18.9 Å². The van der Waals surface area contributed by atoms with Gasteiger partial charge in [-0.3, -0.25) is 9.59 Å². The van der Waals surface area contributed by atoms with Crippen LogP contribution in [-0.4, -0.2) is 42.5 Å². The molecule has 26 heavy (non-hydrogen) atoms. The van der Waals surface area contributed by atoms with Gasteiger partial charge in [0.25, 0.3) is 0 Å². The SMILES string of the molecule is Cc1ccc(N2C(=O)C3C(C2=O)C2(C4OCCO4)C=CC3(C)O2)c(C)c1. The molecule has 1 aromatic carbocycles. The van der Waals surface area contributed by atoms with E-state index >= 15 is 0 Å². The minimum atomic E-state index is -1.03. The number of anilines is 1. The van der Waals surface area contributed by atoms with Gasteiger partial charge in [0.15, 0.2) is 11.9 Å². The van der Waals surface area contributed by atoms with Crippen LogP contribution in [-0.2, 0) is 23.8 Å². The molecule has 1 aromatic rings. The first-order valence-corrected chi connectivity index (χ1v) is 8.96. The van der Waals surface area contributed by atoms with E-state index in [-0.39, 0.29) is 11.8 Å². The Morgan fingerprint density at radius 2 is 1.73 bits per heavy atom. The fourth-order valence-corrected chi connectivity index (χ4v) is 4.97. The molecule has 3 saturated heterocycles. The first kappa shape index (κ1) is 16.2. The summed E-state index contributed by atoms with van der Waals surface area (Å²) in [5.41, 5.74) is 0.787. The summed E-state index contributed by atoms with van der Waals surface area (Å²) < 4.78 is 17.6. The molecular formula is C20H21NO5. The maximum absolute atomic E-state index is 13.4. The van der Waals surface area contributed by atoms with Crippen LogP contribution in [0.3, 0.4) is 0 Å². The lowest BCUT2D eigenvalue weighted by Crippen LogP contribution is -2.49. The summed E-state index contributed by atoms with van der Waals surface area (Å²) in [6.07, 6.45) is 3.09. The third-order valence-electron chi connectivity index (χ3n) is 6.06. The van der Waals surface area contributed by atoms with Crippen molar-refractivity contribution in [2.24, 2.45) is 11.8 Å². The first-order valence-electron chi connectivity index (χ1n) is 8.96. The molecule has 4 aliphatic heterocycles. The molecule has 4 atom stereocenters. The fourth-order valence-electron chi connectivity index (χ4n) is 4.97. The van der Waals surface area contributed by atoms with Crippen LogP contribution in [0.25, 0.3) is 0 Å². The van der Waals surface area contributed by atoms with Crippen molar-refractivity contribution in [2.45, 2.75) is 38.3 Å². The summed E-state index contributed by atoms with van der Waals surface area (Å²) in [6, 6.07) is 5.74. The highest BCUT2D eigenvalue weighted by molar-refractivity contribution is 6.24. The lowest BCUT2D eigenvalue weighted by atomic mass is 9.72. The molecule has 5 rings (SSSR count). The summed E-state index contributed by atoms with van der Waals surface area (Å²) in [7, 11) is 0. The Hall–Kier alpha value is -2.02. The van der Waals surface area contributed by atoms with Gasteiger partial charge < -0.3 is 14.2 Å². The summed E-state index contributed by atoms with van der Waals surface area (Å²) in [6.45, 7) is 6.69. The molecule has 4 unspecified atom stereocenters. The normalized spacial score (nSPS) is 38.7. The minimum absolute atomic E-state index is 0.210. The van der Waals surface area contributed by atoms with E-state index in [4.69, 9.17) is 14.2 Å². The Labute approximate surface area is 151 Å². The predicted octanol–water partition coefficient (Wildman–Crippen LogP) is 1.88. The van der Waals surface area contributed by atoms with Gasteiger partial charge in [-0.15, -0.1) is 0 Å². The third-order valence-corrected chi connectivity index (χ3v) is 6.06. The highest BCUT2D eigenvalue weighted by Gasteiger charge is 2.75. The van der Waals surface area contributed by atoms with Crippen molar-refractivity contribution < 1.29 is 23.8 Å². The van der Waals surface area contributed by atoms with Gasteiger partial charge >= 0.3 is 0 Å². The number of hydrogen-bond acceptors (Lipinski definition) is 5. The largest absolute Gasteiger partial charge is 0.354 e. The van der Waals surface area contributed by atoms with Crippen molar-refractivity contribution in [3.63, 3.8) is 0 Å². The van der Waals surface area contributed by atoms with Crippen molar-refractivity contribution >= 4 is 17.5 Å². The van der Waals surface area contributed by atoms with Gasteiger partial charge in [-0.2, -0.15) is 0 Å². The van der Waals surface area contributed by atoms with Gasteiger partial charge in [-0.05, 0) is 38.5 Å². The second kappa shape index (κ2) is 5.03. The number of fused-ring (bicyclic) bond motifs is 5. The highest BCUT2D eigenvalue weighted by Crippen LogP contribution is 2.59. The third kappa shape index (κ3) is 1.82. The Balaban J connectivity index is 1.61. The van der Waals surface area contributed by atoms with Crippen molar-refractivity contribution in [1.29, 1.82) is 0 Å². The van der Waals surface area contributed by atoms with Crippen LogP contribution in [0.2, 0.25) is 0 Å². The van der Waals surface area contributed by atoms with E-state index < -0.39 is 29.3 Å². The zero-order valence-electron chi connectivity index (χ0n) is 15.0. The first-order chi connectivity index (χ1) is 12.4. The van der Waals surface area contributed by atoms with Gasteiger partial charge in [0, 0.05) is 0 Å².